The summed E-state index contributed by atoms with van der Waals surface area (Å²) in [6.45, 7) is 0.695. The fourth-order valence-corrected chi connectivity index (χ4v) is 4.52. The number of aliphatic hydroxyl groups is 1. The number of anilines is 4. The molecule has 2 aliphatic rings. The maximum absolute atomic E-state index is 14.1. The van der Waals surface area contributed by atoms with Gasteiger partial charge in [0, 0.05) is 24.3 Å². The first-order chi connectivity index (χ1) is 15.6. The van der Waals surface area contributed by atoms with Crippen LogP contribution in [-0.4, -0.2) is 45.9 Å². The predicted octanol–water partition coefficient (Wildman–Crippen LogP) is 4.47. The van der Waals surface area contributed by atoms with E-state index in [0.29, 0.717) is 42.0 Å². The van der Waals surface area contributed by atoms with E-state index in [-0.39, 0.29) is 11.9 Å². The first kappa shape index (κ1) is 22.5. The lowest BCUT2D eigenvalue weighted by Crippen LogP contribution is -2.22. The van der Waals surface area contributed by atoms with E-state index in [4.69, 9.17) is 4.74 Å². The van der Waals surface area contributed by atoms with Gasteiger partial charge >= 0.3 is 0 Å². The van der Waals surface area contributed by atoms with Crippen molar-refractivity contribution < 1.29 is 14.2 Å². The molecule has 9 heteroatoms. The summed E-state index contributed by atoms with van der Waals surface area (Å²) in [5.74, 6) is 1.44. The highest BCUT2D eigenvalue weighted by atomic mass is 19.1. The van der Waals surface area contributed by atoms with E-state index in [0.717, 1.165) is 32.1 Å². The molecule has 2 atom stereocenters. The molecule has 8 nitrogen and oxygen atoms in total. The number of ether oxygens (including phenoxy) is 1. The Kier molecular flexibility index (Phi) is 7.57. The van der Waals surface area contributed by atoms with Crippen molar-refractivity contribution >= 4 is 23.5 Å². The Labute approximate surface area is 188 Å². The van der Waals surface area contributed by atoms with Crippen molar-refractivity contribution in [1.82, 2.24) is 15.0 Å². The highest BCUT2D eigenvalue weighted by Gasteiger charge is 2.23. The number of aromatic nitrogens is 3. The summed E-state index contributed by atoms with van der Waals surface area (Å²) in [6, 6.07) is 4.98. The van der Waals surface area contributed by atoms with Crippen molar-refractivity contribution in [3.05, 3.63) is 24.0 Å². The second-order valence-corrected chi connectivity index (χ2v) is 8.83. The van der Waals surface area contributed by atoms with Crippen LogP contribution in [0.5, 0.6) is 5.75 Å². The van der Waals surface area contributed by atoms with E-state index in [1.165, 1.54) is 38.9 Å². The summed E-state index contributed by atoms with van der Waals surface area (Å²) < 4.78 is 19.1. The van der Waals surface area contributed by atoms with Crippen LogP contribution < -0.4 is 20.7 Å². The average Bonchev–Trinajstić information content (AvgIpc) is 3.02. The van der Waals surface area contributed by atoms with Gasteiger partial charge in [-0.25, -0.2) is 4.39 Å². The third-order valence-electron chi connectivity index (χ3n) is 6.29. The van der Waals surface area contributed by atoms with Crippen LogP contribution in [-0.2, 0) is 0 Å². The molecule has 1 aromatic heterocycles. The van der Waals surface area contributed by atoms with Gasteiger partial charge in [0.25, 0.3) is 0 Å². The molecule has 0 aliphatic heterocycles. The van der Waals surface area contributed by atoms with Gasteiger partial charge in [0.15, 0.2) is 11.6 Å². The highest BCUT2D eigenvalue weighted by molar-refractivity contribution is 5.57. The molecule has 2 saturated carbocycles. The lowest BCUT2D eigenvalue weighted by atomic mass is 10.1. The van der Waals surface area contributed by atoms with Crippen molar-refractivity contribution in [1.29, 1.82) is 0 Å². The van der Waals surface area contributed by atoms with Gasteiger partial charge in [-0.05, 0) is 50.2 Å². The Morgan fingerprint density at radius 2 is 1.75 bits per heavy atom. The minimum absolute atomic E-state index is 0.183. The topological polar surface area (TPSA) is 104 Å². The summed E-state index contributed by atoms with van der Waals surface area (Å²) in [4.78, 5) is 13.6. The molecule has 1 heterocycles. The van der Waals surface area contributed by atoms with E-state index < -0.39 is 5.82 Å². The zero-order valence-electron chi connectivity index (χ0n) is 18.6. The van der Waals surface area contributed by atoms with Gasteiger partial charge in [-0.3, -0.25) is 0 Å². The first-order valence-corrected chi connectivity index (χ1v) is 11.6. The fourth-order valence-electron chi connectivity index (χ4n) is 4.52. The zero-order chi connectivity index (χ0) is 22.3. The van der Waals surface area contributed by atoms with Crippen LogP contribution in [0.1, 0.15) is 57.8 Å². The molecule has 174 valence electrons. The van der Waals surface area contributed by atoms with Gasteiger partial charge in [-0.1, -0.05) is 25.7 Å². The Hall–Kier alpha value is -2.68. The van der Waals surface area contributed by atoms with E-state index in [1.54, 1.807) is 12.1 Å². The molecule has 0 saturated heterocycles. The third kappa shape index (κ3) is 6.18. The summed E-state index contributed by atoms with van der Waals surface area (Å²) in [7, 11) is 1.43. The van der Waals surface area contributed by atoms with Gasteiger partial charge in [0.05, 0.1) is 13.2 Å². The van der Waals surface area contributed by atoms with Gasteiger partial charge in [-0.2, -0.15) is 15.0 Å². The van der Waals surface area contributed by atoms with Gasteiger partial charge in [-0.15, -0.1) is 0 Å². The predicted molar refractivity (Wildman–Crippen MR) is 123 cm³/mol. The van der Waals surface area contributed by atoms with E-state index in [9.17, 15) is 9.50 Å². The molecule has 2 aromatic rings. The Bertz CT molecular complexity index is 891. The summed E-state index contributed by atoms with van der Waals surface area (Å²) in [5, 5.41) is 19.7. The maximum Gasteiger partial charge on any atom is 0.233 e. The Balaban J connectivity index is 1.51. The molecule has 0 radical (unpaired) electrons. The summed E-state index contributed by atoms with van der Waals surface area (Å²) >= 11 is 0. The number of hydrogen-bond acceptors (Lipinski definition) is 8. The molecule has 2 unspecified atom stereocenters. The molecule has 4 N–H and O–H groups in total. The largest absolute Gasteiger partial charge is 0.494 e. The molecule has 4 rings (SSSR count). The SMILES string of the molecule is COc1ccc(Nc2nc(NCC3CCC(O)C3)nc(NC3CCCCCC3)n2)cc1F. The number of nitrogens with one attached hydrogen (secondary N) is 3. The standard InChI is InChI=1S/C23H33FN6O2/c1-32-20-11-9-17(13-19(20)24)27-23-29-21(25-14-15-8-10-18(31)12-15)28-22(30-23)26-16-6-4-2-3-5-7-16/h9,11,13,15-16,18,31H,2-8,10,12,14H2,1H3,(H3,25,26,27,28,29,30). The number of methoxy groups -OCH3 is 1. The van der Waals surface area contributed by atoms with E-state index >= 15 is 0 Å². The number of benzene rings is 1. The summed E-state index contributed by atoms with van der Waals surface area (Å²) in [5.41, 5.74) is 0.528. The maximum atomic E-state index is 14.1. The molecular formula is C23H33FN6O2. The van der Waals surface area contributed by atoms with Crippen molar-refractivity contribution in [2.75, 3.05) is 29.6 Å². The second-order valence-electron chi connectivity index (χ2n) is 8.83. The van der Waals surface area contributed by atoms with Crippen molar-refractivity contribution in [2.45, 2.75) is 69.9 Å². The fraction of sp³-hybridized carbons (Fsp3) is 0.609. The number of halogens is 1. The number of rotatable bonds is 8. The molecular weight excluding hydrogens is 411 g/mol. The van der Waals surface area contributed by atoms with Crippen LogP contribution in [0.25, 0.3) is 0 Å². The van der Waals surface area contributed by atoms with Crippen LogP contribution in [0, 0.1) is 11.7 Å². The van der Waals surface area contributed by atoms with Gasteiger partial charge < -0.3 is 25.8 Å². The number of nitrogens with zero attached hydrogens (tertiary/aromatic N) is 3. The lowest BCUT2D eigenvalue weighted by Gasteiger charge is -2.18. The summed E-state index contributed by atoms with van der Waals surface area (Å²) in [6.07, 6.45) is 9.55. The van der Waals surface area contributed by atoms with E-state index in [2.05, 4.69) is 30.9 Å². The lowest BCUT2D eigenvalue weighted by molar-refractivity contribution is 0.178. The van der Waals surface area contributed by atoms with Crippen molar-refractivity contribution in [3.8, 4) is 5.75 Å². The van der Waals surface area contributed by atoms with Gasteiger partial charge in [0.2, 0.25) is 17.8 Å². The molecule has 1 aromatic carbocycles. The normalized spacial score (nSPS) is 21.7. The number of aliphatic hydroxyl groups excluding tert-OH is 1. The highest BCUT2D eigenvalue weighted by Crippen LogP contribution is 2.27. The van der Waals surface area contributed by atoms with Crippen LogP contribution >= 0.6 is 0 Å². The average molecular weight is 445 g/mol. The van der Waals surface area contributed by atoms with Crippen molar-refractivity contribution in [3.63, 3.8) is 0 Å². The quantitative estimate of drug-likeness (QED) is 0.442. The molecule has 2 fully saturated rings. The minimum Gasteiger partial charge on any atom is -0.494 e. The second kappa shape index (κ2) is 10.8. The van der Waals surface area contributed by atoms with E-state index in [1.807, 2.05) is 0 Å². The smallest absolute Gasteiger partial charge is 0.233 e. The van der Waals surface area contributed by atoms with Gasteiger partial charge in [0.1, 0.15) is 0 Å². The Morgan fingerprint density at radius 1 is 1.00 bits per heavy atom. The Morgan fingerprint density at radius 3 is 2.44 bits per heavy atom. The molecule has 0 amide bonds. The molecule has 2 aliphatic carbocycles. The first-order valence-electron chi connectivity index (χ1n) is 11.6. The zero-order valence-corrected chi connectivity index (χ0v) is 18.6. The minimum atomic E-state index is -0.457. The van der Waals surface area contributed by atoms with Crippen LogP contribution in [0.2, 0.25) is 0 Å². The van der Waals surface area contributed by atoms with Crippen LogP contribution in [0.4, 0.5) is 27.9 Å². The molecule has 0 spiro atoms. The third-order valence-corrected chi connectivity index (χ3v) is 6.29. The molecule has 0 bridgehead atoms. The molecule has 32 heavy (non-hydrogen) atoms. The van der Waals surface area contributed by atoms with Crippen molar-refractivity contribution in [2.24, 2.45) is 5.92 Å². The number of hydrogen-bond donors (Lipinski definition) is 4. The monoisotopic (exact) mass is 444 g/mol. The van der Waals surface area contributed by atoms with Crippen LogP contribution in [0.3, 0.4) is 0 Å². The van der Waals surface area contributed by atoms with Crippen LogP contribution in [0.15, 0.2) is 18.2 Å².